The van der Waals surface area contributed by atoms with E-state index in [0.29, 0.717) is 10.8 Å². The van der Waals surface area contributed by atoms with Crippen LogP contribution in [0.5, 0.6) is 0 Å². The van der Waals surface area contributed by atoms with Crippen LogP contribution < -0.4 is 0 Å². The highest BCUT2D eigenvalue weighted by Crippen LogP contribution is 2.40. The molecule has 23 heavy (non-hydrogen) atoms. The molecule has 0 aliphatic heterocycles. The van der Waals surface area contributed by atoms with Crippen LogP contribution in [0.2, 0.25) is 0 Å². The average molecular weight is 323 g/mol. The summed E-state index contributed by atoms with van der Waals surface area (Å²) in [5.41, 5.74) is -2.70. The Kier molecular flexibility index (Phi) is 3.68. The highest BCUT2D eigenvalue weighted by molar-refractivity contribution is 5.67. The second kappa shape index (κ2) is 5.47. The van der Waals surface area contributed by atoms with Crippen LogP contribution >= 0.6 is 0 Å². The molecule has 2 rings (SSSR count). The number of nitro groups is 4. The Hall–Kier alpha value is -3.90. The van der Waals surface area contributed by atoms with E-state index in [2.05, 4.69) is 0 Å². The topological polar surface area (TPSA) is 177 Å². The van der Waals surface area contributed by atoms with Gasteiger partial charge >= 0.3 is 17.2 Å². The van der Waals surface area contributed by atoms with Gasteiger partial charge in [0.15, 0.2) is 6.20 Å². The third-order valence-corrected chi connectivity index (χ3v) is 2.82. The molecule has 0 atom stereocenters. The number of nitro benzene ring substituents is 1. The third kappa shape index (κ3) is 2.65. The first-order valence-electron chi connectivity index (χ1n) is 5.67. The maximum absolute atomic E-state index is 11.1. The number of aromatic nitrogens is 1. The zero-order valence-electron chi connectivity index (χ0n) is 10.9. The number of hydrogen-bond donors (Lipinski definition) is 0. The largest absolute Gasteiger partial charge is 0.442 e. The molecule has 13 nitrogen and oxygen atoms in total. The summed E-state index contributed by atoms with van der Waals surface area (Å²) in [6.07, 6.45) is 0.622. The second-order valence-corrected chi connectivity index (χ2v) is 4.10. The number of nitrogens with zero attached hydrogens (tertiary/aromatic N) is 5. The summed E-state index contributed by atoms with van der Waals surface area (Å²) in [6.45, 7) is 0. The molecule has 1 aromatic carbocycles. The molecule has 0 saturated carbocycles. The van der Waals surface area contributed by atoms with E-state index in [-0.39, 0.29) is 11.4 Å². The van der Waals surface area contributed by atoms with Crippen molar-refractivity contribution >= 4 is 22.9 Å². The molecular weight excluding hydrogens is 318 g/mol. The van der Waals surface area contributed by atoms with Crippen molar-refractivity contribution in [3.63, 3.8) is 0 Å². The van der Waals surface area contributed by atoms with Gasteiger partial charge in [-0.2, -0.15) is 4.57 Å². The maximum atomic E-state index is 11.1. The lowest BCUT2D eigenvalue weighted by Gasteiger charge is -1.99. The first-order chi connectivity index (χ1) is 10.7. The number of non-ortho nitro benzene ring substituents is 1. The maximum Gasteiger partial charge on any atom is 0.442 e. The predicted molar refractivity (Wildman–Crippen MR) is 72.4 cm³/mol. The molecule has 0 radical (unpaired) electrons. The van der Waals surface area contributed by atoms with E-state index < -0.39 is 36.9 Å². The van der Waals surface area contributed by atoms with Crippen LogP contribution in [0, 0.1) is 40.5 Å². The molecule has 1 aromatic heterocycles. The molecule has 0 spiro atoms. The van der Waals surface area contributed by atoms with E-state index in [1.54, 1.807) is 0 Å². The van der Waals surface area contributed by atoms with Crippen molar-refractivity contribution in [2.75, 3.05) is 0 Å². The molecule has 0 bridgehead atoms. The van der Waals surface area contributed by atoms with Crippen LogP contribution in [-0.4, -0.2) is 24.3 Å². The van der Waals surface area contributed by atoms with Crippen molar-refractivity contribution in [3.8, 4) is 5.69 Å². The van der Waals surface area contributed by atoms with E-state index in [4.69, 9.17) is 0 Å². The first-order valence-corrected chi connectivity index (χ1v) is 5.67. The lowest BCUT2D eigenvalue weighted by molar-refractivity contribution is -0.440. The predicted octanol–water partition coefficient (Wildman–Crippen LogP) is 2.11. The summed E-state index contributed by atoms with van der Waals surface area (Å²) in [5.74, 6) is -1.12. The van der Waals surface area contributed by atoms with E-state index >= 15 is 0 Å². The number of rotatable bonds is 5. The van der Waals surface area contributed by atoms with Crippen LogP contribution in [0.1, 0.15) is 0 Å². The molecule has 0 amide bonds. The van der Waals surface area contributed by atoms with Gasteiger partial charge < -0.3 is 10.1 Å². The fraction of sp³-hybridized carbons (Fsp3) is 0. The smallest absolute Gasteiger partial charge is 0.358 e. The summed E-state index contributed by atoms with van der Waals surface area (Å²) >= 11 is 0. The highest BCUT2D eigenvalue weighted by Gasteiger charge is 2.42. The second-order valence-electron chi connectivity index (χ2n) is 4.10. The summed E-state index contributed by atoms with van der Waals surface area (Å²) in [5, 5.41) is 43.5. The summed E-state index contributed by atoms with van der Waals surface area (Å²) in [7, 11) is 0. The van der Waals surface area contributed by atoms with Crippen LogP contribution in [-0.2, 0) is 0 Å². The minimum atomic E-state index is -1.27. The fourth-order valence-corrected chi connectivity index (χ4v) is 1.89. The Labute approximate surface area is 125 Å². The molecule has 2 aromatic rings. The van der Waals surface area contributed by atoms with Gasteiger partial charge in [-0.15, -0.1) is 0 Å². The van der Waals surface area contributed by atoms with Crippen molar-refractivity contribution in [1.82, 2.24) is 4.57 Å². The third-order valence-electron chi connectivity index (χ3n) is 2.82. The molecule has 118 valence electrons. The minimum Gasteiger partial charge on any atom is -0.358 e. The molecule has 0 fully saturated rings. The Morgan fingerprint density at radius 1 is 0.739 bits per heavy atom. The Morgan fingerprint density at radius 2 is 1.30 bits per heavy atom. The van der Waals surface area contributed by atoms with E-state index in [1.165, 1.54) is 0 Å². The van der Waals surface area contributed by atoms with Crippen LogP contribution in [0.25, 0.3) is 5.69 Å². The lowest BCUT2D eigenvalue weighted by Crippen LogP contribution is -2.02. The van der Waals surface area contributed by atoms with Crippen molar-refractivity contribution in [3.05, 3.63) is 70.9 Å². The summed E-state index contributed by atoms with van der Waals surface area (Å²) in [4.78, 5) is 39.3. The van der Waals surface area contributed by atoms with Crippen LogP contribution in [0.4, 0.5) is 22.9 Å². The highest BCUT2D eigenvalue weighted by atomic mass is 16.7. The molecule has 1 heterocycles. The number of benzene rings is 1. The summed E-state index contributed by atoms with van der Waals surface area (Å²) < 4.78 is 0.625. The van der Waals surface area contributed by atoms with Gasteiger partial charge in [0.05, 0.1) is 14.8 Å². The molecule has 0 N–H and O–H groups in total. The van der Waals surface area contributed by atoms with E-state index in [0.717, 1.165) is 24.3 Å². The summed E-state index contributed by atoms with van der Waals surface area (Å²) in [6, 6.07) is 4.19. The van der Waals surface area contributed by atoms with Gasteiger partial charge in [0, 0.05) is 12.1 Å². The molecule has 0 saturated heterocycles. The van der Waals surface area contributed by atoms with Gasteiger partial charge in [-0.25, -0.2) is 0 Å². The van der Waals surface area contributed by atoms with Crippen LogP contribution in [0.15, 0.2) is 30.5 Å². The Morgan fingerprint density at radius 3 is 1.70 bits per heavy atom. The van der Waals surface area contributed by atoms with Crippen LogP contribution in [0.3, 0.4) is 0 Å². The molecular formula is C10H5N5O8. The van der Waals surface area contributed by atoms with Crippen molar-refractivity contribution in [1.29, 1.82) is 0 Å². The van der Waals surface area contributed by atoms with Gasteiger partial charge in [-0.05, 0) is 17.1 Å². The Bertz CT molecular complexity index is 840. The molecule has 0 aliphatic carbocycles. The first kappa shape index (κ1) is 15.5. The standard InChI is InChI=1S/C10H5N5O8/c16-12(17)7-3-1-6(2-4-7)11-5-8(13(18)19)9(14(20)21)10(11)15(22)23/h1-5H. The zero-order valence-corrected chi connectivity index (χ0v) is 10.9. The molecule has 13 heteroatoms. The minimum absolute atomic E-state index is 0.0708. The molecule has 0 aliphatic rings. The Balaban J connectivity index is 2.73. The fourth-order valence-electron chi connectivity index (χ4n) is 1.89. The van der Waals surface area contributed by atoms with Gasteiger partial charge in [-0.1, -0.05) is 0 Å². The zero-order chi connectivity index (χ0) is 17.3. The molecule has 0 unspecified atom stereocenters. The van der Waals surface area contributed by atoms with Gasteiger partial charge in [-0.3, -0.25) is 30.3 Å². The van der Waals surface area contributed by atoms with Crippen molar-refractivity contribution in [2.24, 2.45) is 0 Å². The quantitative estimate of drug-likeness (QED) is 0.592. The van der Waals surface area contributed by atoms with Gasteiger partial charge in [0.25, 0.3) is 5.69 Å². The normalized spacial score (nSPS) is 10.3. The van der Waals surface area contributed by atoms with E-state index in [1.807, 2.05) is 0 Å². The van der Waals surface area contributed by atoms with Crippen molar-refractivity contribution in [2.45, 2.75) is 0 Å². The van der Waals surface area contributed by atoms with Gasteiger partial charge in [0.2, 0.25) is 0 Å². The SMILES string of the molecule is O=[N+]([O-])c1ccc(-n2cc([N+](=O)[O-])c([N+](=O)[O-])c2[N+](=O)[O-])cc1. The van der Waals surface area contributed by atoms with Crippen molar-refractivity contribution < 1.29 is 19.7 Å². The average Bonchev–Trinajstić information content (AvgIpc) is 2.88. The van der Waals surface area contributed by atoms with Gasteiger partial charge in [0.1, 0.15) is 5.69 Å². The number of hydrogen-bond acceptors (Lipinski definition) is 8. The van der Waals surface area contributed by atoms with E-state index in [9.17, 15) is 40.5 Å². The monoisotopic (exact) mass is 323 g/mol. The lowest BCUT2D eigenvalue weighted by atomic mass is 10.3.